The van der Waals surface area contributed by atoms with E-state index >= 15 is 0 Å². The van der Waals surface area contributed by atoms with Gasteiger partial charge in [-0.25, -0.2) is 0 Å². The van der Waals surface area contributed by atoms with E-state index in [9.17, 15) is 4.79 Å². The van der Waals surface area contributed by atoms with E-state index in [2.05, 4.69) is 27.4 Å². The zero-order valence-corrected chi connectivity index (χ0v) is 16.3. The summed E-state index contributed by atoms with van der Waals surface area (Å²) >= 11 is 1.54. The average molecular weight is 392 g/mol. The lowest BCUT2D eigenvalue weighted by atomic mass is 10.1. The number of carbonyl (C=O) groups is 1. The summed E-state index contributed by atoms with van der Waals surface area (Å²) in [6, 6.07) is 16.7. The minimum Gasteiger partial charge on any atom is -0.444 e. The highest BCUT2D eigenvalue weighted by Gasteiger charge is 2.29. The number of anilines is 1. The van der Waals surface area contributed by atoms with Gasteiger partial charge in [-0.15, -0.1) is 10.2 Å². The fraction of sp³-hybridized carbons (Fsp3) is 0.238. The van der Waals surface area contributed by atoms with Crippen molar-refractivity contribution in [3.8, 4) is 17.1 Å². The van der Waals surface area contributed by atoms with Gasteiger partial charge in [0.15, 0.2) is 5.69 Å². The Morgan fingerprint density at radius 1 is 1.11 bits per heavy atom. The largest absolute Gasteiger partial charge is 0.444 e. The fourth-order valence-corrected chi connectivity index (χ4v) is 3.75. The summed E-state index contributed by atoms with van der Waals surface area (Å²) in [6.45, 7) is 2.14. The summed E-state index contributed by atoms with van der Waals surface area (Å²) in [4.78, 5) is 17.6. The zero-order chi connectivity index (χ0) is 19.3. The van der Waals surface area contributed by atoms with Gasteiger partial charge >= 0.3 is 0 Å². The summed E-state index contributed by atoms with van der Waals surface area (Å²) in [7, 11) is 0. The number of hydrogen-bond acceptors (Lipinski definition) is 7. The summed E-state index contributed by atoms with van der Waals surface area (Å²) in [6.07, 6.45) is 1.29. The molecule has 1 aliphatic heterocycles. The number of aromatic nitrogens is 3. The van der Waals surface area contributed by atoms with E-state index in [1.807, 2.05) is 42.5 Å². The molecule has 2 heterocycles. The van der Waals surface area contributed by atoms with Crippen LogP contribution >= 0.6 is 11.8 Å². The van der Waals surface area contributed by atoms with E-state index in [1.165, 1.54) is 0 Å². The number of Topliss-reactive ketones (excluding diaryl/α,β-unsaturated/α-hetero) is 1. The second kappa shape index (κ2) is 8.39. The van der Waals surface area contributed by atoms with Crippen LogP contribution in [-0.2, 0) is 0 Å². The van der Waals surface area contributed by atoms with E-state index in [4.69, 9.17) is 4.74 Å². The number of ether oxygens (including phenoxy) is 1. The van der Waals surface area contributed by atoms with E-state index in [0.29, 0.717) is 22.3 Å². The van der Waals surface area contributed by atoms with Crippen molar-refractivity contribution in [2.75, 3.05) is 11.1 Å². The van der Waals surface area contributed by atoms with Crippen LogP contribution in [0.3, 0.4) is 0 Å². The summed E-state index contributed by atoms with van der Waals surface area (Å²) in [5, 5.41) is 12.3. The van der Waals surface area contributed by atoms with Gasteiger partial charge < -0.3 is 10.1 Å². The molecule has 0 unspecified atom stereocenters. The number of nitrogens with one attached hydrogen (secondary N) is 1. The molecule has 0 aliphatic carbocycles. The lowest BCUT2D eigenvalue weighted by Gasteiger charge is -2.17. The smallest absolute Gasteiger partial charge is 0.247 e. The lowest BCUT2D eigenvalue weighted by molar-refractivity contribution is 0.0823. The van der Waals surface area contributed by atoms with Gasteiger partial charge in [-0.1, -0.05) is 73.6 Å². The van der Waals surface area contributed by atoms with Crippen LogP contribution in [-0.4, -0.2) is 32.9 Å². The van der Waals surface area contributed by atoms with Crippen LogP contribution in [0.4, 0.5) is 5.69 Å². The molecule has 7 heteroatoms. The van der Waals surface area contributed by atoms with Crippen LogP contribution in [0.2, 0.25) is 0 Å². The van der Waals surface area contributed by atoms with Gasteiger partial charge in [0.25, 0.3) is 0 Å². The van der Waals surface area contributed by atoms with E-state index in [-0.39, 0.29) is 5.78 Å². The Labute approximate surface area is 167 Å². The Morgan fingerprint density at radius 2 is 1.89 bits per heavy atom. The van der Waals surface area contributed by atoms with Crippen LogP contribution in [0.1, 0.15) is 30.1 Å². The van der Waals surface area contributed by atoms with Crippen LogP contribution in [0.5, 0.6) is 5.88 Å². The van der Waals surface area contributed by atoms with Crippen LogP contribution in [0, 0.1) is 0 Å². The van der Waals surface area contributed by atoms with Gasteiger partial charge in [0.05, 0.1) is 0 Å². The van der Waals surface area contributed by atoms with Crippen molar-refractivity contribution in [3.05, 3.63) is 60.2 Å². The third kappa shape index (κ3) is 3.84. The van der Waals surface area contributed by atoms with Crippen LogP contribution in [0.25, 0.3) is 11.3 Å². The summed E-state index contributed by atoms with van der Waals surface area (Å²) < 4.78 is 6.01. The maximum atomic E-state index is 13.0. The molecule has 28 heavy (non-hydrogen) atoms. The van der Waals surface area contributed by atoms with E-state index in [1.54, 1.807) is 23.9 Å². The number of carbonyl (C=O) groups excluding carboxylic acids is 1. The van der Waals surface area contributed by atoms with Crippen LogP contribution < -0.4 is 10.1 Å². The molecule has 0 saturated carbocycles. The minimum absolute atomic E-state index is 0.165. The molecule has 2 aromatic carbocycles. The predicted molar refractivity (Wildman–Crippen MR) is 110 cm³/mol. The van der Waals surface area contributed by atoms with E-state index in [0.717, 1.165) is 29.8 Å². The SMILES string of the molecule is CCCCSc1nnc2c(n1)O[C@H](C(=O)c1ccccc1)Nc1ccccc1-2. The molecule has 0 bridgehead atoms. The quantitative estimate of drug-likeness (QED) is 0.377. The molecule has 6 nitrogen and oxygen atoms in total. The number of rotatable bonds is 6. The molecular weight excluding hydrogens is 372 g/mol. The number of unbranched alkanes of at least 4 members (excludes halogenated alkanes) is 1. The van der Waals surface area contributed by atoms with Gasteiger partial charge in [-0.05, 0) is 12.5 Å². The molecule has 4 rings (SSSR count). The molecule has 1 aliphatic rings. The number of thioether (sulfide) groups is 1. The Balaban J connectivity index is 1.71. The Morgan fingerprint density at radius 3 is 2.71 bits per heavy atom. The normalized spacial score (nSPS) is 14.8. The van der Waals surface area contributed by atoms with Crippen molar-refractivity contribution in [3.63, 3.8) is 0 Å². The van der Waals surface area contributed by atoms with Gasteiger partial charge in [-0.2, -0.15) is 4.98 Å². The van der Waals surface area contributed by atoms with Gasteiger partial charge in [0.2, 0.25) is 23.0 Å². The first kappa shape index (κ1) is 18.4. The van der Waals surface area contributed by atoms with Crippen molar-refractivity contribution in [1.82, 2.24) is 15.2 Å². The number of nitrogens with zero attached hydrogens (tertiary/aromatic N) is 3. The number of para-hydroxylation sites is 1. The first-order valence-corrected chi connectivity index (χ1v) is 10.2. The van der Waals surface area contributed by atoms with Crippen molar-refractivity contribution in [2.45, 2.75) is 31.1 Å². The number of ketones is 1. The first-order chi connectivity index (χ1) is 13.8. The maximum absolute atomic E-state index is 13.0. The molecule has 1 atom stereocenters. The third-order valence-corrected chi connectivity index (χ3v) is 5.28. The molecule has 0 fully saturated rings. The number of hydrogen-bond donors (Lipinski definition) is 1. The molecule has 1 N–H and O–H groups in total. The molecule has 1 aromatic heterocycles. The van der Waals surface area contributed by atoms with Crippen molar-refractivity contribution >= 4 is 23.2 Å². The van der Waals surface area contributed by atoms with Crippen molar-refractivity contribution < 1.29 is 9.53 Å². The molecule has 0 radical (unpaired) electrons. The average Bonchev–Trinajstić information content (AvgIpc) is 2.90. The topological polar surface area (TPSA) is 77.0 Å². The maximum Gasteiger partial charge on any atom is 0.247 e. The zero-order valence-electron chi connectivity index (χ0n) is 15.5. The molecule has 142 valence electrons. The Bertz CT molecular complexity index is 981. The lowest BCUT2D eigenvalue weighted by Crippen LogP contribution is -2.35. The fourth-order valence-electron chi connectivity index (χ4n) is 2.89. The Kier molecular flexibility index (Phi) is 5.53. The molecular formula is C21H20N4O2S. The van der Waals surface area contributed by atoms with E-state index < -0.39 is 6.23 Å². The van der Waals surface area contributed by atoms with Crippen molar-refractivity contribution in [1.29, 1.82) is 0 Å². The highest BCUT2D eigenvalue weighted by atomic mass is 32.2. The highest BCUT2D eigenvalue weighted by Crippen LogP contribution is 2.36. The third-order valence-electron chi connectivity index (χ3n) is 4.36. The van der Waals surface area contributed by atoms with Gasteiger partial charge in [-0.3, -0.25) is 4.79 Å². The first-order valence-electron chi connectivity index (χ1n) is 9.25. The number of benzene rings is 2. The highest BCUT2D eigenvalue weighted by molar-refractivity contribution is 7.99. The Hall–Kier alpha value is -2.93. The van der Waals surface area contributed by atoms with Gasteiger partial charge in [0, 0.05) is 22.6 Å². The van der Waals surface area contributed by atoms with Gasteiger partial charge in [0.1, 0.15) is 0 Å². The monoisotopic (exact) mass is 392 g/mol. The predicted octanol–water partition coefficient (Wildman–Crippen LogP) is 4.44. The molecule has 0 amide bonds. The minimum atomic E-state index is -0.894. The molecule has 0 saturated heterocycles. The molecule has 0 spiro atoms. The second-order valence-corrected chi connectivity index (χ2v) is 7.43. The summed E-state index contributed by atoms with van der Waals surface area (Å²) in [5.74, 6) is 1.07. The van der Waals surface area contributed by atoms with Crippen molar-refractivity contribution in [2.24, 2.45) is 0 Å². The standard InChI is InChI=1S/C21H20N4O2S/c1-2-3-13-28-21-23-19-17(24-25-21)15-11-7-8-12-16(15)22-20(27-19)18(26)14-9-5-4-6-10-14/h4-12,20,22H,2-3,13H2,1H3/t20-/m1/s1. The van der Waals surface area contributed by atoms with Crippen LogP contribution in [0.15, 0.2) is 59.8 Å². The summed E-state index contributed by atoms with van der Waals surface area (Å²) in [5.41, 5.74) is 2.68. The second-order valence-electron chi connectivity index (χ2n) is 6.37. The molecule has 3 aromatic rings. The number of fused-ring (bicyclic) bond motifs is 3.